The number of carbonyl (C=O) groups excluding carboxylic acids is 2. The van der Waals surface area contributed by atoms with E-state index in [9.17, 15) is 18.0 Å². The third-order valence-electron chi connectivity index (χ3n) is 9.22. The van der Waals surface area contributed by atoms with Gasteiger partial charge in [-0.3, -0.25) is 9.52 Å². The smallest absolute Gasteiger partial charge is 0.410 e. The number of ether oxygens (including phenoxy) is 4. The third kappa shape index (κ3) is 6.50. The van der Waals surface area contributed by atoms with Gasteiger partial charge in [-0.2, -0.15) is 0 Å². The number of nitrogens with one attached hydrogen (secondary N) is 1. The number of para-hydroxylation sites is 1. The number of hydrogen-bond donors (Lipinski definition) is 1. The first-order valence-corrected chi connectivity index (χ1v) is 17.8. The fourth-order valence-corrected chi connectivity index (χ4v) is 7.88. The number of anilines is 2. The first-order valence-electron chi connectivity index (χ1n) is 16.3. The average Bonchev–Trinajstić information content (AvgIpc) is 3.28. The maximum absolute atomic E-state index is 14.3. The molecule has 12 heteroatoms. The van der Waals surface area contributed by atoms with Crippen molar-refractivity contribution in [3.05, 3.63) is 71.8 Å². The predicted octanol–water partition coefficient (Wildman–Crippen LogP) is 6.25. The van der Waals surface area contributed by atoms with Crippen molar-refractivity contribution < 1.29 is 37.0 Å². The highest BCUT2D eigenvalue weighted by molar-refractivity contribution is 7.92. The summed E-state index contributed by atoms with van der Waals surface area (Å²) in [5.41, 5.74) is 1.28. The van der Waals surface area contributed by atoms with Crippen LogP contribution in [0.1, 0.15) is 64.0 Å². The summed E-state index contributed by atoms with van der Waals surface area (Å²) in [4.78, 5) is 30.5. The van der Waals surface area contributed by atoms with E-state index < -0.39 is 21.0 Å². The molecule has 11 nitrogen and oxygen atoms in total. The van der Waals surface area contributed by atoms with E-state index in [0.29, 0.717) is 62.4 Å². The fourth-order valence-electron chi connectivity index (χ4n) is 6.67. The molecule has 0 unspecified atom stereocenters. The van der Waals surface area contributed by atoms with Crippen LogP contribution in [0.2, 0.25) is 0 Å². The Bertz CT molecular complexity index is 1790. The monoisotopic (exact) mass is 677 g/mol. The van der Waals surface area contributed by atoms with E-state index in [1.54, 1.807) is 47.2 Å². The number of sulfonamides is 1. The first-order chi connectivity index (χ1) is 22.8. The Hall–Kier alpha value is -4.45. The van der Waals surface area contributed by atoms with Crippen molar-refractivity contribution in [1.29, 1.82) is 0 Å². The van der Waals surface area contributed by atoms with Gasteiger partial charge < -0.3 is 28.7 Å². The molecule has 3 aromatic carbocycles. The summed E-state index contributed by atoms with van der Waals surface area (Å²) in [6, 6.07) is 17.5. The minimum absolute atomic E-state index is 0.000507. The molecule has 2 aliphatic heterocycles. The molecule has 256 valence electrons. The lowest BCUT2D eigenvalue weighted by atomic mass is 9.65. The summed E-state index contributed by atoms with van der Waals surface area (Å²) in [6.45, 7) is 6.72. The molecule has 2 heterocycles. The second kappa shape index (κ2) is 12.9. The molecule has 0 atom stereocenters. The minimum Gasteiger partial charge on any atom is -0.497 e. The van der Waals surface area contributed by atoms with Gasteiger partial charge >= 0.3 is 6.09 Å². The summed E-state index contributed by atoms with van der Waals surface area (Å²) in [5, 5.41) is 0. The zero-order valence-electron chi connectivity index (χ0n) is 28.1. The molecule has 2 amide bonds. The van der Waals surface area contributed by atoms with Crippen molar-refractivity contribution >= 4 is 33.4 Å². The Morgan fingerprint density at radius 1 is 0.958 bits per heavy atom. The normalized spacial score (nSPS) is 17.5. The lowest BCUT2D eigenvalue weighted by molar-refractivity contribution is -0.126. The SMILES string of the molecule is COc1ccc(CN2C(=O)C3(CCC3)c3cc(NS(=O)(=O)c4ccccc4OC)cc(OC4CCN(C(=O)OC(C)(C)C)CC4)c32)cc1. The van der Waals surface area contributed by atoms with E-state index in [0.717, 1.165) is 23.3 Å². The second-order valence-electron chi connectivity index (χ2n) is 13.6. The number of nitrogens with zero attached hydrogens (tertiary/aromatic N) is 2. The molecule has 1 saturated heterocycles. The Kier molecular flexibility index (Phi) is 8.97. The molecule has 6 rings (SSSR count). The van der Waals surface area contributed by atoms with Gasteiger partial charge in [-0.25, -0.2) is 13.2 Å². The molecule has 48 heavy (non-hydrogen) atoms. The van der Waals surface area contributed by atoms with Gasteiger partial charge in [0.2, 0.25) is 5.91 Å². The van der Waals surface area contributed by atoms with E-state index >= 15 is 0 Å². The van der Waals surface area contributed by atoms with E-state index in [-0.39, 0.29) is 28.7 Å². The quantitative estimate of drug-likeness (QED) is 0.282. The Morgan fingerprint density at radius 3 is 2.25 bits per heavy atom. The van der Waals surface area contributed by atoms with Crippen molar-refractivity contribution in [3.63, 3.8) is 0 Å². The van der Waals surface area contributed by atoms with Gasteiger partial charge in [0, 0.05) is 32.0 Å². The molecule has 3 aliphatic rings. The van der Waals surface area contributed by atoms with Crippen LogP contribution in [-0.4, -0.2) is 64.3 Å². The maximum Gasteiger partial charge on any atom is 0.410 e. The highest BCUT2D eigenvalue weighted by Gasteiger charge is 2.56. The molecular weight excluding hydrogens is 634 g/mol. The van der Waals surface area contributed by atoms with Crippen molar-refractivity contribution in [2.75, 3.05) is 36.9 Å². The molecule has 1 spiro atoms. The number of piperidine rings is 1. The number of fused-ring (bicyclic) bond motifs is 2. The summed E-state index contributed by atoms with van der Waals surface area (Å²) in [7, 11) is -1.03. The zero-order valence-corrected chi connectivity index (χ0v) is 28.9. The fraction of sp³-hybridized carbons (Fsp3) is 0.444. The topological polar surface area (TPSA) is 124 Å². The van der Waals surface area contributed by atoms with Crippen molar-refractivity contribution in [3.8, 4) is 17.2 Å². The number of hydrogen-bond acceptors (Lipinski definition) is 8. The lowest BCUT2D eigenvalue weighted by Gasteiger charge is -2.37. The molecule has 0 radical (unpaired) electrons. The highest BCUT2D eigenvalue weighted by Crippen LogP contribution is 2.57. The molecular formula is C36H43N3O8S. The van der Waals surface area contributed by atoms with Crippen LogP contribution < -0.4 is 23.8 Å². The molecule has 0 aromatic heterocycles. The zero-order chi connectivity index (χ0) is 34.3. The number of rotatable bonds is 9. The number of amides is 2. The van der Waals surface area contributed by atoms with Crippen LogP contribution in [0, 0.1) is 0 Å². The Labute approximate surface area is 282 Å². The van der Waals surface area contributed by atoms with Crippen molar-refractivity contribution in [2.24, 2.45) is 0 Å². The minimum atomic E-state index is -4.06. The molecule has 2 fully saturated rings. The third-order valence-corrected chi connectivity index (χ3v) is 10.6. The van der Waals surface area contributed by atoms with Crippen LogP contribution >= 0.6 is 0 Å². The molecule has 3 aromatic rings. The van der Waals surface area contributed by atoms with Gasteiger partial charge in [0.15, 0.2) is 0 Å². The first kappa shape index (κ1) is 33.5. The predicted molar refractivity (Wildman–Crippen MR) is 181 cm³/mol. The molecule has 1 aliphatic carbocycles. The average molecular weight is 678 g/mol. The van der Waals surface area contributed by atoms with Gasteiger partial charge in [0.1, 0.15) is 33.8 Å². The Balaban J connectivity index is 1.36. The number of carbonyl (C=O) groups is 2. The largest absolute Gasteiger partial charge is 0.497 e. The molecule has 1 N–H and O–H groups in total. The maximum atomic E-state index is 14.3. The standard InChI is InChI=1S/C36H43N3O8S/c1-35(2,3)47-34(41)38-19-15-27(16-20-38)46-30-22-25(37-48(42,43)31-10-7-6-9-29(31)45-5)21-28-32(30)39(33(40)36(28)17-8-18-36)23-24-11-13-26(44-4)14-12-24/h6-7,9-14,21-22,27,37H,8,15-20,23H2,1-5H3. The highest BCUT2D eigenvalue weighted by atomic mass is 32.2. The van der Waals surface area contributed by atoms with Crippen LogP contribution in [0.3, 0.4) is 0 Å². The van der Waals surface area contributed by atoms with Crippen LogP contribution in [0.15, 0.2) is 65.6 Å². The van der Waals surface area contributed by atoms with Crippen LogP contribution in [-0.2, 0) is 31.5 Å². The van der Waals surface area contributed by atoms with E-state index in [1.807, 2.05) is 45.0 Å². The van der Waals surface area contributed by atoms with Gasteiger partial charge in [-0.05, 0) is 75.1 Å². The second-order valence-corrected chi connectivity index (χ2v) is 15.2. The van der Waals surface area contributed by atoms with Gasteiger partial charge in [0.05, 0.1) is 37.6 Å². The van der Waals surface area contributed by atoms with Crippen LogP contribution in [0.5, 0.6) is 17.2 Å². The summed E-state index contributed by atoms with van der Waals surface area (Å²) < 4.78 is 53.0. The van der Waals surface area contributed by atoms with Gasteiger partial charge in [-0.1, -0.05) is 30.7 Å². The summed E-state index contributed by atoms with van der Waals surface area (Å²) in [5.74, 6) is 1.34. The van der Waals surface area contributed by atoms with Crippen molar-refractivity contribution in [1.82, 2.24) is 4.90 Å². The van der Waals surface area contributed by atoms with E-state index in [2.05, 4.69) is 4.72 Å². The molecule has 1 saturated carbocycles. The number of methoxy groups -OCH3 is 2. The number of benzene rings is 3. The summed E-state index contributed by atoms with van der Waals surface area (Å²) in [6.07, 6.45) is 2.66. The van der Waals surface area contributed by atoms with E-state index in [4.69, 9.17) is 18.9 Å². The van der Waals surface area contributed by atoms with Gasteiger partial charge in [-0.15, -0.1) is 0 Å². The Morgan fingerprint density at radius 2 is 1.65 bits per heavy atom. The molecule has 0 bridgehead atoms. The van der Waals surface area contributed by atoms with Crippen LogP contribution in [0.25, 0.3) is 0 Å². The van der Waals surface area contributed by atoms with E-state index in [1.165, 1.54) is 13.2 Å². The summed E-state index contributed by atoms with van der Waals surface area (Å²) >= 11 is 0. The van der Waals surface area contributed by atoms with Gasteiger partial charge in [0.25, 0.3) is 10.0 Å². The lowest BCUT2D eigenvalue weighted by Crippen LogP contribution is -2.45. The van der Waals surface area contributed by atoms with Crippen LogP contribution in [0.4, 0.5) is 16.2 Å². The number of likely N-dealkylation sites (tertiary alicyclic amines) is 1. The van der Waals surface area contributed by atoms with Crippen molar-refractivity contribution in [2.45, 2.75) is 81.4 Å².